The number of ether oxygens (including phenoxy) is 1. The van der Waals surface area contributed by atoms with E-state index in [-0.39, 0.29) is 0 Å². The predicted octanol–water partition coefficient (Wildman–Crippen LogP) is 2.64. The van der Waals surface area contributed by atoms with Crippen LogP contribution in [0, 0.1) is 13.8 Å². The van der Waals surface area contributed by atoms with Crippen molar-refractivity contribution in [2.45, 2.75) is 46.1 Å². The summed E-state index contributed by atoms with van der Waals surface area (Å²) in [5.41, 5.74) is 3.46. The zero-order valence-electron chi connectivity index (χ0n) is 11.6. The highest BCUT2D eigenvalue weighted by Crippen LogP contribution is 2.24. The van der Waals surface area contributed by atoms with Crippen LogP contribution in [0.1, 0.15) is 36.6 Å². The molecule has 3 nitrogen and oxygen atoms in total. The van der Waals surface area contributed by atoms with Gasteiger partial charge in [0.2, 0.25) is 0 Å². The van der Waals surface area contributed by atoms with E-state index < -0.39 is 0 Å². The molecule has 0 aliphatic carbocycles. The van der Waals surface area contributed by atoms with Crippen LogP contribution in [0.3, 0.4) is 0 Å². The van der Waals surface area contributed by atoms with E-state index in [1.165, 1.54) is 12.0 Å². The van der Waals surface area contributed by atoms with Gasteiger partial charge in [0.15, 0.2) is 0 Å². The first-order valence-corrected chi connectivity index (χ1v) is 6.26. The second kappa shape index (κ2) is 6.60. The minimum atomic E-state index is 0.572. The fraction of sp³-hybridized carbons (Fsp3) is 0.643. The van der Waals surface area contributed by atoms with Gasteiger partial charge in [-0.05, 0) is 47.1 Å². The van der Waals surface area contributed by atoms with Gasteiger partial charge < -0.3 is 10.1 Å². The molecule has 0 aromatic carbocycles. The third kappa shape index (κ3) is 3.70. The topological polar surface area (TPSA) is 34.2 Å². The number of nitrogens with zero attached hydrogens (tertiary/aromatic N) is 1. The predicted molar refractivity (Wildman–Crippen MR) is 71.7 cm³/mol. The fourth-order valence-corrected chi connectivity index (χ4v) is 2.04. The van der Waals surface area contributed by atoms with Gasteiger partial charge in [0.25, 0.3) is 0 Å². The lowest BCUT2D eigenvalue weighted by Gasteiger charge is -2.13. The van der Waals surface area contributed by atoms with Gasteiger partial charge in [0.1, 0.15) is 5.75 Å². The molecular weight excluding hydrogens is 212 g/mol. The van der Waals surface area contributed by atoms with Gasteiger partial charge in [0.05, 0.1) is 7.11 Å². The molecule has 96 valence electrons. The van der Waals surface area contributed by atoms with Gasteiger partial charge in [-0.15, -0.1) is 0 Å². The smallest absolute Gasteiger partial charge is 0.128 e. The molecule has 1 heterocycles. The third-order valence-corrected chi connectivity index (χ3v) is 3.29. The Hall–Kier alpha value is -1.09. The maximum Gasteiger partial charge on any atom is 0.128 e. The van der Waals surface area contributed by atoms with Gasteiger partial charge >= 0.3 is 0 Å². The van der Waals surface area contributed by atoms with E-state index in [9.17, 15) is 0 Å². The van der Waals surface area contributed by atoms with E-state index in [0.717, 1.165) is 29.8 Å². The summed E-state index contributed by atoms with van der Waals surface area (Å²) in [6.45, 7) is 6.33. The van der Waals surface area contributed by atoms with E-state index in [2.05, 4.69) is 24.1 Å². The summed E-state index contributed by atoms with van der Waals surface area (Å²) in [6, 6.07) is 0.572. The van der Waals surface area contributed by atoms with E-state index >= 15 is 0 Å². The number of methoxy groups -OCH3 is 1. The number of hydrogen-bond donors (Lipinski definition) is 1. The van der Waals surface area contributed by atoms with Gasteiger partial charge in [0, 0.05) is 29.1 Å². The molecule has 0 bridgehead atoms. The van der Waals surface area contributed by atoms with Crippen molar-refractivity contribution in [3.05, 3.63) is 23.0 Å². The minimum Gasteiger partial charge on any atom is -0.496 e. The lowest BCUT2D eigenvalue weighted by molar-refractivity contribution is 0.406. The van der Waals surface area contributed by atoms with E-state index in [0.29, 0.717) is 6.04 Å². The maximum absolute atomic E-state index is 5.41. The first-order valence-electron chi connectivity index (χ1n) is 6.26. The van der Waals surface area contributed by atoms with E-state index in [1.54, 1.807) is 7.11 Å². The highest BCUT2D eigenvalue weighted by Gasteiger charge is 2.09. The Morgan fingerprint density at radius 2 is 2.12 bits per heavy atom. The summed E-state index contributed by atoms with van der Waals surface area (Å²) in [7, 11) is 3.73. The molecule has 0 fully saturated rings. The molecule has 3 heteroatoms. The Balaban J connectivity index is 2.66. The molecule has 1 rings (SSSR count). The lowest BCUT2D eigenvalue weighted by Crippen LogP contribution is -2.21. The lowest BCUT2D eigenvalue weighted by atomic mass is 10.0. The molecule has 1 unspecified atom stereocenters. The molecule has 0 saturated carbocycles. The number of nitrogens with one attached hydrogen (secondary N) is 1. The normalized spacial score (nSPS) is 12.5. The van der Waals surface area contributed by atoms with Crippen LogP contribution in [0.4, 0.5) is 0 Å². The first-order chi connectivity index (χ1) is 8.10. The zero-order valence-corrected chi connectivity index (χ0v) is 11.6. The Bertz CT molecular complexity index is 363. The minimum absolute atomic E-state index is 0.572. The van der Waals surface area contributed by atoms with Crippen LogP contribution < -0.4 is 10.1 Å². The van der Waals surface area contributed by atoms with Crippen LogP contribution in [0.5, 0.6) is 5.75 Å². The summed E-state index contributed by atoms with van der Waals surface area (Å²) in [5.74, 6) is 0.983. The molecule has 0 aliphatic rings. The Kier molecular flexibility index (Phi) is 5.42. The van der Waals surface area contributed by atoms with Crippen LogP contribution in [0.2, 0.25) is 0 Å². The SMILES string of the molecule is CNC(C)CCCc1ncc(C)c(OC)c1C. The van der Waals surface area contributed by atoms with Crippen LogP contribution in [-0.4, -0.2) is 25.2 Å². The number of aryl methyl sites for hydroxylation is 2. The summed E-state index contributed by atoms with van der Waals surface area (Å²) in [4.78, 5) is 4.51. The van der Waals surface area contributed by atoms with Crippen molar-refractivity contribution in [2.75, 3.05) is 14.2 Å². The molecule has 1 aromatic rings. The van der Waals surface area contributed by atoms with Gasteiger partial charge in [-0.25, -0.2) is 0 Å². The van der Waals surface area contributed by atoms with Gasteiger partial charge in [-0.2, -0.15) is 0 Å². The molecule has 1 atom stereocenters. The standard InChI is InChI=1S/C14H24N2O/c1-10-9-16-13(12(3)14(10)17-5)8-6-7-11(2)15-4/h9,11,15H,6-8H2,1-5H3. The van der Waals surface area contributed by atoms with Crippen LogP contribution in [0.15, 0.2) is 6.20 Å². The van der Waals surface area contributed by atoms with Crippen molar-refractivity contribution in [3.63, 3.8) is 0 Å². The molecular formula is C14H24N2O. The summed E-state index contributed by atoms with van der Waals surface area (Å²) in [6.07, 6.45) is 5.26. The molecule has 1 N–H and O–H groups in total. The van der Waals surface area contributed by atoms with Gasteiger partial charge in [-0.1, -0.05) is 0 Å². The number of hydrogen-bond acceptors (Lipinski definition) is 3. The molecule has 17 heavy (non-hydrogen) atoms. The van der Waals surface area contributed by atoms with Crippen molar-refractivity contribution < 1.29 is 4.74 Å². The van der Waals surface area contributed by atoms with Crippen LogP contribution >= 0.6 is 0 Å². The summed E-state index contributed by atoms with van der Waals surface area (Å²) >= 11 is 0. The number of rotatable bonds is 6. The number of pyridine rings is 1. The molecule has 0 saturated heterocycles. The van der Waals surface area contributed by atoms with Gasteiger partial charge in [-0.3, -0.25) is 4.98 Å². The largest absolute Gasteiger partial charge is 0.496 e. The van der Waals surface area contributed by atoms with Crippen molar-refractivity contribution in [3.8, 4) is 5.75 Å². The Morgan fingerprint density at radius 1 is 1.41 bits per heavy atom. The highest BCUT2D eigenvalue weighted by molar-refractivity contribution is 5.41. The van der Waals surface area contributed by atoms with E-state index in [1.807, 2.05) is 20.2 Å². The Morgan fingerprint density at radius 3 is 2.71 bits per heavy atom. The fourth-order valence-electron chi connectivity index (χ4n) is 2.04. The molecule has 0 radical (unpaired) electrons. The highest BCUT2D eigenvalue weighted by atomic mass is 16.5. The second-order valence-electron chi connectivity index (χ2n) is 4.63. The zero-order chi connectivity index (χ0) is 12.8. The van der Waals surface area contributed by atoms with Crippen LogP contribution in [0.25, 0.3) is 0 Å². The third-order valence-electron chi connectivity index (χ3n) is 3.29. The van der Waals surface area contributed by atoms with Crippen molar-refractivity contribution in [1.29, 1.82) is 0 Å². The average molecular weight is 236 g/mol. The molecule has 0 spiro atoms. The first kappa shape index (κ1) is 14.0. The summed E-state index contributed by atoms with van der Waals surface area (Å²) in [5, 5.41) is 3.25. The molecule has 0 amide bonds. The van der Waals surface area contributed by atoms with Crippen molar-refractivity contribution in [1.82, 2.24) is 10.3 Å². The average Bonchev–Trinajstić information content (AvgIpc) is 2.32. The maximum atomic E-state index is 5.41. The van der Waals surface area contributed by atoms with Crippen LogP contribution in [-0.2, 0) is 6.42 Å². The van der Waals surface area contributed by atoms with Crippen molar-refractivity contribution >= 4 is 0 Å². The molecule has 1 aromatic heterocycles. The monoisotopic (exact) mass is 236 g/mol. The Labute approximate surface area is 105 Å². The van der Waals surface area contributed by atoms with E-state index in [4.69, 9.17) is 4.74 Å². The summed E-state index contributed by atoms with van der Waals surface area (Å²) < 4.78 is 5.41. The number of aromatic nitrogens is 1. The van der Waals surface area contributed by atoms with Crippen molar-refractivity contribution in [2.24, 2.45) is 0 Å². The second-order valence-corrected chi connectivity index (χ2v) is 4.63. The quantitative estimate of drug-likeness (QED) is 0.824. The molecule has 0 aliphatic heterocycles.